The number of ether oxygens (including phenoxy) is 1. The molecule has 4 saturated carbocycles. The Hall–Kier alpha value is -1.06. The van der Waals surface area contributed by atoms with Crippen LogP contribution in [0, 0.1) is 46.3 Å². The Morgan fingerprint density at radius 1 is 0.964 bits per heavy atom. The molecule has 0 spiro atoms. The van der Waals surface area contributed by atoms with E-state index in [0.29, 0.717) is 23.2 Å². The molecular formula is C24H38O4. The lowest BCUT2D eigenvalue weighted by atomic mass is 9.44. The van der Waals surface area contributed by atoms with E-state index < -0.39 is 5.97 Å². The van der Waals surface area contributed by atoms with Crippen LogP contribution in [0.25, 0.3) is 0 Å². The maximum atomic E-state index is 11.7. The van der Waals surface area contributed by atoms with Gasteiger partial charge in [0.05, 0.1) is 5.92 Å². The van der Waals surface area contributed by atoms with Gasteiger partial charge < -0.3 is 9.84 Å². The van der Waals surface area contributed by atoms with Gasteiger partial charge in [-0.05, 0) is 98.2 Å². The summed E-state index contributed by atoms with van der Waals surface area (Å²) in [6.45, 7) is 8.40. The molecule has 0 heterocycles. The first-order valence-corrected chi connectivity index (χ1v) is 11.6. The van der Waals surface area contributed by atoms with E-state index >= 15 is 0 Å². The van der Waals surface area contributed by atoms with Crippen molar-refractivity contribution in [1.29, 1.82) is 0 Å². The highest BCUT2D eigenvalue weighted by Crippen LogP contribution is 2.68. The van der Waals surface area contributed by atoms with E-state index in [1.165, 1.54) is 45.4 Å². The van der Waals surface area contributed by atoms with Gasteiger partial charge in [-0.25, -0.2) is 0 Å². The van der Waals surface area contributed by atoms with Crippen molar-refractivity contribution >= 4 is 11.9 Å². The van der Waals surface area contributed by atoms with Gasteiger partial charge in [-0.3, -0.25) is 9.59 Å². The number of esters is 1. The van der Waals surface area contributed by atoms with Crippen LogP contribution in [-0.2, 0) is 14.3 Å². The fraction of sp³-hybridized carbons (Fsp3) is 0.917. The Kier molecular flexibility index (Phi) is 5.07. The van der Waals surface area contributed by atoms with Crippen molar-refractivity contribution in [3.05, 3.63) is 0 Å². The van der Waals surface area contributed by atoms with Crippen molar-refractivity contribution < 1.29 is 19.4 Å². The van der Waals surface area contributed by atoms with E-state index in [4.69, 9.17) is 4.74 Å². The summed E-state index contributed by atoms with van der Waals surface area (Å²) in [5.74, 6) is 2.25. The van der Waals surface area contributed by atoms with Crippen LogP contribution in [0.4, 0.5) is 0 Å². The van der Waals surface area contributed by atoms with Crippen molar-refractivity contribution in [2.75, 3.05) is 0 Å². The van der Waals surface area contributed by atoms with Crippen molar-refractivity contribution in [3.63, 3.8) is 0 Å². The number of carbonyl (C=O) groups is 2. The highest BCUT2D eigenvalue weighted by atomic mass is 16.5. The molecule has 4 fully saturated rings. The third-order valence-electron chi connectivity index (χ3n) is 10.0. The maximum absolute atomic E-state index is 11.7. The largest absolute Gasteiger partial charge is 0.481 e. The van der Waals surface area contributed by atoms with Crippen LogP contribution in [0.5, 0.6) is 0 Å². The van der Waals surface area contributed by atoms with Crippen molar-refractivity contribution in [2.45, 2.75) is 91.6 Å². The number of hydrogen-bond donors (Lipinski definition) is 1. The molecule has 0 aromatic rings. The predicted molar refractivity (Wildman–Crippen MR) is 108 cm³/mol. The number of fused-ring (bicyclic) bond motifs is 5. The van der Waals surface area contributed by atoms with Gasteiger partial charge in [-0.1, -0.05) is 20.8 Å². The van der Waals surface area contributed by atoms with Gasteiger partial charge in [0.1, 0.15) is 6.10 Å². The van der Waals surface area contributed by atoms with Gasteiger partial charge in [-0.15, -0.1) is 0 Å². The minimum atomic E-state index is -0.617. The molecule has 0 unspecified atom stereocenters. The second kappa shape index (κ2) is 7.02. The Labute approximate surface area is 169 Å². The minimum Gasteiger partial charge on any atom is -0.481 e. The highest BCUT2D eigenvalue weighted by molar-refractivity contribution is 5.70. The Morgan fingerprint density at radius 2 is 1.64 bits per heavy atom. The summed E-state index contributed by atoms with van der Waals surface area (Å²) >= 11 is 0. The summed E-state index contributed by atoms with van der Waals surface area (Å²) in [4.78, 5) is 23.1. The number of carboxylic acid groups (broad SMARTS) is 1. The first-order valence-electron chi connectivity index (χ1n) is 11.6. The van der Waals surface area contributed by atoms with E-state index in [9.17, 15) is 14.7 Å². The molecule has 4 nitrogen and oxygen atoms in total. The van der Waals surface area contributed by atoms with Gasteiger partial charge >= 0.3 is 11.9 Å². The van der Waals surface area contributed by atoms with Crippen LogP contribution in [0.1, 0.15) is 85.5 Å². The third-order valence-corrected chi connectivity index (χ3v) is 10.0. The lowest BCUT2D eigenvalue weighted by Crippen LogP contribution is -2.54. The molecule has 28 heavy (non-hydrogen) atoms. The molecule has 158 valence electrons. The average Bonchev–Trinajstić information content (AvgIpc) is 2.98. The zero-order chi connectivity index (χ0) is 20.3. The SMILES string of the molecule is CC(=O)O[C@H]1CC[C@@]2(C)[C@@H](CC[C@@H]3[C@@H]2CC[C@]2(C)[C@@H]([C@H](C)C(=O)O)CC[C@@H]32)C1. The van der Waals surface area contributed by atoms with Crippen molar-refractivity contribution in [2.24, 2.45) is 46.3 Å². The number of aliphatic carboxylic acids is 1. The molecule has 4 rings (SSSR count). The van der Waals surface area contributed by atoms with Crippen LogP contribution in [0.2, 0.25) is 0 Å². The topological polar surface area (TPSA) is 63.6 Å². The third kappa shape index (κ3) is 3.01. The number of hydrogen-bond acceptors (Lipinski definition) is 3. The van der Waals surface area contributed by atoms with Gasteiger partial charge in [0, 0.05) is 6.92 Å². The highest BCUT2D eigenvalue weighted by Gasteiger charge is 2.61. The van der Waals surface area contributed by atoms with Crippen molar-refractivity contribution in [1.82, 2.24) is 0 Å². The fourth-order valence-electron chi connectivity index (χ4n) is 8.59. The number of rotatable bonds is 3. The van der Waals surface area contributed by atoms with Gasteiger partial charge in [0.25, 0.3) is 0 Å². The van der Waals surface area contributed by atoms with E-state index in [2.05, 4.69) is 13.8 Å². The smallest absolute Gasteiger partial charge is 0.306 e. The van der Waals surface area contributed by atoms with Crippen LogP contribution in [0.15, 0.2) is 0 Å². The van der Waals surface area contributed by atoms with E-state index in [0.717, 1.165) is 31.1 Å². The summed E-state index contributed by atoms with van der Waals surface area (Å²) in [6, 6.07) is 0. The predicted octanol–water partition coefficient (Wildman–Crippen LogP) is 5.30. The molecule has 4 aliphatic carbocycles. The van der Waals surface area contributed by atoms with Gasteiger partial charge in [0.2, 0.25) is 0 Å². The number of carbonyl (C=O) groups excluding carboxylic acids is 1. The quantitative estimate of drug-likeness (QED) is 0.664. The summed E-state index contributed by atoms with van der Waals surface area (Å²) in [6.07, 6.45) is 10.6. The van der Waals surface area contributed by atoms with E-state index in [1.54, 1.807) is 0 Å². The van der Waals surface area contributed by atoms with Crippen LogP contribution in [-0.4, -0.2) is 23.1 Å². The lowest BCUT2D eigenvalue weighted by Gasteiger charge is -2.61. The Bertz CT molecular complexity index is 645. The summed E-state index contributed by atoms with van der Waals surface area (Å²) in [7, 11) is 0. The Balaban J connectivity index is 1.52. The molecular weight excluding hydrogens is 352 g/mol. The van der Waals surface area contributed by atoms with Crippen LogP contribution >= 0.6 is 0 Å². The first kappa shape index (κ1) is 20.2. The van der Waals surface area contributed by atoms with Gasteiger partial charge in [-0.2, -0.15) is 0 Å². The van der Waals surface area contributed by atoms with E-state index in [-0.39, 0.29) is 23.4 Å². The average molecular weight is 391 g/mol. The van der Waals surface area contributed by atoms with Crippen LogP contribution < -0.4 is 0 Å². The molecule has 1 N–H and O–H groups in total. The monoisotopic (exact) mass is 390 g/mol. The summed E-state index contributed by atoms with van der Waals surface area (Å²) in [5.41, 5.74) is 0.578. The fourth-order valence-corrected chi connectivity index (χ4v) is 8.59. The maximum Gasteiger partial charge on any atom is 0.306 e. The lowest BCUT2D eigenvalue weighted by molar-refractivity contribution is -0.161. The summed E-state index contributed by atoms with van der Waals surface area (Å²) in [5, 5.41) is 9.63. The molecule has 0 aliphatic heterocycles. The minimum absolute atomic E-state index is 0.119. The van der Waals surface area contributed by atoms with Gasteiger partial charge in [0.15, 0.2) is 0 Å². The molecule has 0 aromatic heterocycles. The second-order valence-electron chi connectivity index (χ2n) is 11.0. The molecule has 0 radical (unpaired) electrons. The zero-order valence-corrected chi connectivity index (χ0v) is 18.1. The molecule has 0 aromatic carbocycles. The molecule has 4 heteroatoms. The molecule has 9 atom stereocenters. The molecule has 0 amide bonds. The second-order valence-corrected chi connectivity index (χ2v) is 11.0. The molecule has 0 bridgehead atoms. The van der Waals surface area contributed by atoms with Crippen molar-refractivity contribution in [3.8, 4) is 0 Å². The Morgan fingerprint density at radius 3 is 2.32 bits per heavy atom. The zero-order valence-electron chi connectivity index (χ0n) is 18.1. The standard InChI is InChI=1S/C24H38O4/c1-14(22(26)27)19-7-8-20-18-6-5-16-13-17(28-15(2)25)9-11-23(16,3)21(18)10-12-24(19,20)4/h14,16-21H,5-13H2,1-4H3,(H,26,27)/t14-,16-,17-,18-,19+,20-,21-,23-,24+/m0/s1. The molecule has 4 aliphatic rings. The number of carboxylic acids is 1. The molecule has 0 saturated heterocycles. The normalized spacial score (nSPS) is 48.7. The van der Waals surface area contributed by atoms with E-state index in [1.807, 2.05) is 6.92 Å². The summed E-state index contributed by atoms with van der Waals surface area (Å²) < 4.78 is 5.57. The van der Waals surface area contributed by atoms with Crippen LogP contribution in [0.3, 0.4) is 0 Å². The first-order chi connectivity index (χ1) is 13.2.